The van der Waals surface area contributed by atoms with Crippen LogP contribution in [-0.4, -0.2) is 76.7 Å². The van der Waals surface area contributed by atoms with Gasteiger partial charge in [0.2, 0.25) is 0 Å². The molecule has 2 spiro atoms. The number of likely N-dealkylation sites (tertiary alicyclic amines) is 3. The third-order valence-electron chi connectivity index (χ3n) is 12.3. The van der Waals surface area contributed by atoms with Gasteiger partial charge in [-0.1, -0.05) is 47.5 Å². The molecule has 2 saturated carbocycles. The lowest BCUT2D eigenvalue weighted by atomic mass is 9.84. The van der Waals surface area contributed by atoms with Crippen molar-refractivity contribution in [1.82, 2.24) is 20.0 Å². The van der Waals surface area contributed by atoms with E-state index in [0.717, 1.165) is 61.5 Å². The van der Waals surface area contributed by atoms with Gasteiger partial charge in [-0.3, -0.25) is 9.80 Å². The largest absolute Gasteiger partial charge is 0.444 e. The molecule has 2 aromatic carbocycles. The molecule has 0 unspecified atom stereocenters. The van der Waals surface area contributed by atoms with Crippen molar-refractivity contribution in [2.24, 2.45) is 0 Å². The van der Waals surface area contributed by atoms with Gasteiger partial charge in [0, 0.05) is 47.3 Å². The number of rotatable bonds is 6. The highest BCUT2D eigenvalue weighted by atomic mass is 35.5. The zero-order valence-corrected chi connectivity index (χ0v) is 31.7. The smallest absolute Gasteiger partial charge is 0.410 e. The molecule has 1 amide bonds. The van der Waals surface area contributed by atoms with Crippen molar-refractivity contribution in [1.29, 1.82) is 0 Å². The van der Waals surface area contributed by atoms with E-state index in [-0.39, 0.29) is 11.6 Å². The molecule has 2 aliphatic carbocycles. The molecule has 49 heavy (non-hydrogen) atoms. The highest BCUT2D eigenvalue weighted by molar-refractivity contribution is 6.31. The third-order valence-corrected chi connectivity index (χ3v) is 13.0. The first-order valence-corrected chi connectivity index (χ1v) is 20.0. The number of ether oxygens (including phenoxy) is 1. The summed E-state index contributed by atoms with van der Waals surface area (Å²) in [6.07, 6.45) is 15.0. The maximum atomic E-state index is 12.4. The van der Waals surface area contributed by atoms with Crippen LogP contribution < -0.4 is 5.32 Å². The van der Waals surface area contributed by atoms with E-state index in [1.54, 1.807) is 0 Å². The monoisotopic (exact) mass is 708 g/mol. The number of halogens is 2. The van der Waals surface area contributed by atoms with E-state index in [9.17, 15) is 4.79 Å². The number of hydrogen-bond donors (Lipinski definition) is 1. The number of carbonyl (C=O) groups excluding carboxylic acids is 1. The van der Waals surface area contributed by atoms with Crippen molar-refractivity contribution in [2.45, 2.75) is 139 Å². The van der Waals surface area contributed by atoms with E-state index in [1.165, 1.54) is 106 Å². The van der Waals surface area contributed by atoms with E-state index in [2.05, 4.69) is 51.5 Å². The third kappa shape index (κ3) is 8.46. The fourth-order valence-corrected chi connectivity index (χ4v) is 9.72. The Morgan fingerprint density at radius 3 is 1.65 bits per heavy atom. The number of benzene rings is 2. The molecule has 0 radical (unpaired) electrons. The molecule has 4 aliphatic heterocycles. The maximum absolute atomic E-state index is 12.4. The van der Waals surface area contributed by atoms with Crippen LogP contribution >= 0.6 is 23.2 Å². The first-order valence-electron chi connectivity index (χ1n) is 19.3. The minimum atomic E-state index is -0.431. The molecule has 1 N–H and O–H groups in total. The zero-order chi connectivity index (χ0) is 34.2. The molecule has 8 heteroatoms. The molecule has 4 heterocycles. The molecule has 2 aromatic rings. The number of carbonyl (C=O) groups is 1. The number of amides is 1. The average Bonchev–Trinajstić information content (AvgIpc) is 4.01. The first kappa shape index (κ1) is 35.6. The summed E-state index contributed by atoms with van der Waals surface area (Å²) < 4.78 is 5.56. The van der Waals surface area contributed by atoms with E-state index in [1.807, 2.05) is 25.7 Å². The number of nitrogens with one attached hydrogen (secondary N) is 1. The summed E-state index contributed by atoms with van der Waals surface area (Å²) in [7, 11) is 0. The van der Waals surface area contributed by atoms with Crippen LogP contribution in [0.3, 0.4) is 0 Å². The van der Waals surface area contributed by atoms with Gasteiger partial charge >= 0.3 is 6.09 Å². The van der Waals surface area contributed by atoms with Gasteiger partial charge in [0.25, 0.3) is 0 Å². The minimum absolute atomic E-state index is 0.168. The molecule has 6 aliphatic rings. The van der Waals surface area contributed by atoms with E-state index in [4.69, 9.17) is 27.9 Å². The average molecular weight is 710 g/mol. The van der Waals surface area contributed by atoms with Crippen LogP contribution in [0.1, 0.15) is 132 Å². The molecule has 6 nitrogen and oxygen atoms in total. The van der Waals surface area contributed by atoms with Gasteiger partial charge in [-0.25, -0.2) is 4.79 Å². The Kier molecular flexibility index (Phi) is 10.6. The summed E-state index contributed by atoms with van der Waals surface area (Å²) in [5.41, 5.74) is 5.85. The Morgan fingerprint density at radius 2 is 1.20 bits per heavy atom. The van der Waals surface area contributed by atoms with Crippen LogP contribution in [-0.2, 0) is 17.8 Å². The van der Waals surface area contributed by atoms with Crippen molar-refractivity contribution in [3.8, 4) is 0 Å². The molecule has 0 atom stereocenters. The van der Waals surface area contributed by atoms with Crippen LogP contribution in [0.5, 0.6) is 0 Å². The van der Waals surface area contributed by atoms with Gasteiger partial charge < -0.3 is 15.0 Å². The summed E-state index contributed by atoms with van der Waals surface area (Å²) in [4.78, 5) is 19.7. The Hall–Kier alpha value is -1.83. The van der Waals surface area contributed by atoms with Crippen LogP contribution in [0.4, 0.5) is 4.79 Å². The Labute approximate surface area is 305 Å². The Morgan fingerprint density at radius 1 is 0.735 bits per heavy atom. The second kappa shape index (κ2) is 14.7. The SMILES string of the molecule is CC(C)(C)OC(=O)N1CCC2(CCCN2Cc2ccc(Cl)c(C3CC3)c2)CC1.Clc1ccc(CN2CCCC23CCNCC3)cc1C1CC1. The van der Waals surface area contributed by atoms with E-state index >= 15 is 0 Å². The maximum Gasteiger partial charge on any atom is 0.410 e. The molecule has 6 fully saturated rings. The summed E-state index contributed by atoms with van der Waals surface area (Å²) in [6, 6.07) is 13.3. The van der Waals surface area contributed by atoms with Crippen LogP contribution in [0, 0.1) is 0 Å². The number of piperidine rings is 2. The fourth-order valence-electron chi connectivity index (χ4n) is 9.18. The van der Waals surface area contributed by atoms with Crippen molar-refractivity contribution in [3.63, 3.8) is 0 Å². The van der Waals surface area contributed by atoms with Gasteiger partial charge in [-0.2, -0.15) is 0 Å². The summed E-state index contributed by atoms with van der Waals surface area (Å²) in [5, 5.41) is 5.41. The lowest BCUT2D eigenvalue weighted by Crippen LogP contribution is -2.53. The molecular weight excluding hydrogens is 651 g/mol. The topological polar surface area (TPSA) is 48.1 Å². The standard InChI is InChI=1S/C23H33ClN2O2.C18H25ClN2/c1-22(2,3)28-21(27)25-13-10-23(11-14-25)9-4-12-26(23)16-17-5-8-20(24)19(15-17)18-6-7-18;19-17-5-2-14(12-16(17)15-3-4-15)13-21-11-1-6-18(21)7-9-20-10-8-18/h5,8,15,18H,4,6-7,9-14,16H2,1-3H3;2,5,12,15,20H,1,3-4,6-11,13H2. The molecule has 268 valence electrons. The van der Waals surface area contributed by atoms with Gasteiger partial charge in [0.05, 0.1) is 0 Å². The van der Waals surface area contributed by atoms with Gasteiger partial charge in [-0.15, -0.1) is 0 Å². The Bertz CT molecular complexity index is 1470. The van der Waals surface area contributed by atoms with Crippen molar-refractivity contribution >= 4 is 29.3 Å². The van der Waals surface area contributed by atoms with Gasteiger partial charge in [0.15, 0.2) is 0 Å². The predicted molar refractivity (Wildman–Crippen MR) is 201 cm³/mol. The summed E-state index contributed by atoms with van der Waals surface area (Å²) >= 11 is 12.8. The second-order valence-corrected chi connectivity index (χ2v) is 17.8. The van der Waals surface area contributed by atoms with Crippen LogP contribution in [0.25, 0.3) is 0 Å². The first-order chi connectivity index (χ1) is 23.5. The lowest BCUT2D eigenvalue weighted by molar-refractivity contribution is 0.00164. The van der Waals surface area contributed by atoms with E-state index < -0.39 is 5.60 Å². The van der Waals surface area contributed by atoms with Crippen molar-refractivity contribution < 1.29 is 9.53 Å². The summed E-state index contributed by atoms with van der Waals surface area (Å²) in [5.74, 6) is 1.42. The summed E-state index contributed by atoms with van der Waals surface area (Å²) in [6.45, 7) is 14.2. The zero-order valence-electron chi connectivity index (χ0n) is 30.2. The number of hydrogen-bond acceptors (Lipinski definition) is 5. The normalized spacial score (nSPS) is 23.9. The van der Waals surface area contributed by atoms with Gasteiger partial charge in [0.1, 0.15) is 5.60 Å². The van der Waals surface area contributed by atoms with Crippen molar-refractivity contribution in [2.75, 3.05) is 39.3 Å². The van der Waals surface area contributed by atoms with Crippen molar-refractivity contribution in [3.05, 3.63) is 68.7 Å². The highest BCUT2D eigenvalue weighted by Gasteiger charge is 2.44. The molecule has 0 aromatic heterocycles. The molecule has 4 saturated heterocycles. The Balaban J connectivity index is 0.000000160. The fraction of sp³-hybridized carbons (Fsp3) is 0.683. The number of nitrogens with zero attached hydrogens (tertiary/aromatic N) is 3. The van der Waals surface area contributed by atoms with Crippen LogP contribution in [0.15, 0.2) is 36.4 Å². The second-order valence-electron chi connectivity index (χ2n) is 17.0. The lowest BCUT2D eigenvalue weighted by Gasteiger charge is -2.45. The minimum Gasteiger partial charge on any atom is -0.444 e. The van der Waals surface area contributed by atoms with Crippen LogP contribution in [0.2, 0.25) is 10.0 Å². The molecular formula is C41H58Cl2N4O2. The van der Waals surface area contributed by atoms with Gasteiger partial charge in [-0.05, 0) is 170 Å². The van der Waals surface area contributed by atoms with E-state index in [0.29, 0.717) is 11.5 Å². The molecule has 0 bridgehead atoms. The highest BCUT2D eigenvalue weighted by Crippen LogP contribution is 2.46. The predicted octanol–water partition coefficient (Wildman–Crippen LogP) is 9.52. The molecule has 8 rings (SSSR count). The quantitative estimate of drug-likeness (QED) is 0.324.